The van der Waals surface area contributed by atoms with Crippen LogP contribution >= 0.6 is 29.6 Å². The Balaban J connectivity index is 3.13. The number of nitrogens with one attached hydrogen (secondary N) is 1. The Morgan fingerprint density at radius 2 is 2.17 bits per heavy atom. The molecule has 100 valence electrons. The first-order valence-corrected chi connectivity index (χ1v) is 8.09. The number of rotatable bonds is 5. The molecule has 18 heavy (non-hydrogen) atoms. The van der Waals surface area contributed by atoms with Crippen molar-refractivity contribution >= 4 is 40.9 Å². The molecular weight excluding hydrogens is 302 g/mol. The first-order chi connectivity index (χ1) is 8.24. The lowest BCUT2D eigenvalue weighted by atomic mass is 10.1. The first kappa shape index (κ1) is 15.2. The third kappa shape index (κ3) is 4.14. The zero-order valence-electron chi connectivity index (χ0n) is 9.39. The molecule has 1 aromatic carbocycles. The molecule has 1 rings (SSSR count). The van der Waals surface area contributed by atoms with E-state index in [2.05, 4.69) is 5.32 Å². The van der Waals surface area contributed by atoms with Crippen molar-refractivity contribution in [2.24, 2.45) is 0 Å². The smallest absolute Gasteiger partial charge is 0.306 e. The molecule has 1 aromatic rings. The van der Waals surface area contributed by atoms with E-state index in [0.29, 0.717) is 12.0 Å². The lowest BCUT2D eigenvalue weighted by Crippen LogP contribution is -2.03. The predicted molar refractivity (Wildman–Crippen MR) is 71.7 cm³/mol. The monoisotopic (exact) mass is 312 g/mol. The number of hydrogen-bond acceptors (Lipinski definition) is 4. The zero-order valence-corrected chi connectivity index (χ0v) is 11.8. The first-order valence-electron chi connectivity index (χ1n) is 4.96. The second-order valence-corrected chi connectivity index (χ2v) is 7.04. The number of anilines is 1. The predicted octanol–water partition coefficient (Wildman–Crippen LogP) is 3.60. The topological polar surface area (TPSA) is 92.5 Å². The molecule has 0 radical (unpaired) electrons. The average molecular weight is 313 g/mol. The number of halogens is 2. The van der Waals surface area contributed by atoms with Crippen LogP contribution in [-0.4, -0.2) is 16.1 Å². The van der Waals surface area contributed by atoms with Crippen LogP contribution in [0.4, 0.5) is 11.4 Å². The fourth-order valence-corrected chi connectivity index (χ4v) is 2.20. The highest BCUT2D eigenvalue weighted by atomic mass is 35.7. The van der Waals surface area contributed by atoms with Crippen molar-refractivity contribution < 1.29 is 14.4 Å². The highest BCUT2D eigenvalue weighted by Crippen LogP contribution is 2.46. The summed E-state index contributed by atoms with van der Waals surface area (Å²) in [7, 11) is 0. The summed E-state index contributed by atoms with van der Waals surface area (Å²) in [6.07, 6.45) is 0.0887. The second kappa shape index (κ2) is 5.89. The fraction of sp³-hybridized carbons (Fsp3) is 0.333. The molecular formula is C9H11Cl2N2O4P. The van der Waals surface area contributed by atoms with Crippen LogP contribution < -0.4 is 5.32 Å². The number of hydrogen-bond donors (Lipinski definition) is 2. The van der Waals surface area contributed by atoms with Gasteiger partial charge in [-0.3, -0.25) is 14.7 Å². The van der Waals surface area contributed by atoms with E-state index in [0.717, 1.165) is 0 Å². The molecule has 9 heteroatoms. The van der Waals surface area contributed by atoms with Gasteiger partial charge in [-0.2, -0.15) is 0 Å². The van der Waals surface area contributed by atoms with Gasteiger partial charge in [-0.15, -0.1) is 0 Å². The van der Waals surface area contributed by atoms with Gasteiger partial charge in [0.05, 0.1) is 15.6 Å². The molecule has 0 aliphatic rings. The maximum Gasteiger partial charge on any atom is 0.306 e. The van der Waals surface area contributed by atoms with Crippen LogP contribution in [0.15, 0.2) is 12.1 Å². The van der Waals surface area contributed by atoms with E-state index >= 15 is 0 Å². The van der Waals surface area contributed by atoms with E-state index in [1.165, 1.54) is 12.1 Å². The maximum absolute atomic E-state index is 11.0. The number of nitro groups is 1. The third-order valence-electron chi connectivity index (χ3n) is 2.19. The molecule has 0 aliphatic heterocycles. The van der Waals surface area contributed by atoms with E-state index in [9.17, 15) is 14.7 Å². The van der Waals surface area contributed by atoms with Gasteiger partial charge in [0, 0.05) is 12.1 Å². The van der Waals surface area contributed by atoms with Gasteiger partial charge < -0.3 is 10.2 Å². The normalized spacial score (nSPS) is 14.0. The molecule has 1 unspecified atom stereocenters. The zero-order chi connectivity index (χ0) is 13.9. The van der Waals surface area contributed by atoms with E-state index in [4.69, 9.17) is 27.7 Å². The molecule has 0 bridgehead atoms. The van der Waals surface area contributed by atoms with Gasteiger partial charge in [0.1, 0.15) is 6.29 Å². The molecule has 0 aromatic heterocycles. The molecule has 0 fully saturated rings. The van der Waals surface area contributed by atoms with Crippen LogP contribution in [0.2, 0.25) is 5.02 Å². The van der Waals surface area contributed by atoms with Crippen molar-refractivity contribution in [1.82, 2.24) is 0 Å². The maximum atomic E-state index is 11.0. The van der Waals surface area contributed by atoms with Crippen molar-refractivity contribution in [2.45, 2.75) is 13.3 Å². The minimum Gasteiger partial charge on any atom is -0.374 e. The molecule has 1 atom stereocenters. The minimum absolute atomic E-state index is 0.138. The Labute approximate surface area is 113 Å². The molecule has 0 saturated heterocycles. The van der Waals surface area contributed by atoms with Gasteiger partial charge in [-0.1, -0.05) is 18.5 Å². The fourth-order valence-electron chi connectivity index (χ4n) is 1.34. The summed E-state index contributed by atoms with van der Waals surface area (Å²) in [6, 6.07) is 2.57. The van der Waals surface area contributed by atoms with Crippen molar-refractivity contribution in [3.63, 3.8) is 0 Å². The minimum atomic E-state index is -3.78. The largest absolute Gasteiger partial charge is 0.374 e. The van der Waals surface area contributed by atoms with Gasteiger partial charge in [-0.25, -0.2) is 0 Å². The summed E-state index contributed by atoms with van der Waals surface area (Å²) in [4.78, 5) is 19.1. The third-order valence-corrected chi connectivity index (χ3v) is 3.54. The van der Waals surface area contributed by atoms with E-state index in [1.807, 2.05) is 0 Å². The van der Waals surface area contributed by atoms with Crippen molar-refractivity contribution in [3.8, 4) is 0 Å². The highest BCUT2D eigenvalue weighted by molar-refractivity contribution is 7.84. The lowest BCUT2D eigenvalue weighted by molar-refractivity contribution is -0.384. The quantitative estimate of drug-likeness (QED) is 0.492. The SMILES string of the molecule is CCc1cc([N+](=O)[O-])cc(NCP(=O)(O)Cl)c1Cl. The summed E-state index contributed by atoms with van der Waals surface area (Å²) in [5.74, 6) is 0. The standard InChI is InChI=1S/C9H11Cl2N2O4P/c1-2-6-3-7(13(14)15)4-8(9(6)10)12-5-18(11,16)17/h3-4,12H,2,5H2,1H3,(H,16,17). The molecule has 0 aliphatic carbocycles. The highest BCUT2D eigenvalue weighted by Gasteiger charge is 2.18. The summed E-state index contributed by atoms with van der Waals surface area (Å²) >= 11 is 11.2. The van der Waals surface area contributed by atoms with Gasteiger partial charge in [-0.05, 0) is 23.2 Å². The second-order valence-electron chi connectivity index (χ2n) is 3.53. The van der Waals surface area contributed by atoms with Gasteiger partial charge in [0.15, 0.2) is 0 Å². The van der Waals surface area contributed by atoms with Crippen LogP contribution in [0.1, 0.15) is 12.5 Å². The summed E-state index contributed by atoms with van der Waals surface area (Å²) in [6.45, 7) is -1.98. The summed E-state index contributed by atoms with van der Waals surface area (Å²) < 4.78 is 11.0. The average Bonchev–Trinajstić information content (AvgIpc) is 2.26. The molecule has 0 spiro atoms. The van der Waals surface area contributed by atoms with Gasteiger partial charge >= 0.3 is 6.72 Å². The lowest BCUT2D eigenvalue weighted by Gasteiger charge is -2.11. The van der Waals surface area contributed by atoms with E-state index in [1.54, 1.807) is 6.92 Å². The van der Waals surface area contributed by atoms with Crippen molar-refractivity contribution in [3.05, 3.63) is 32.8 Å². The van der Waals surface area contributed by atoms with Crippen LogP contribution in [-0.2, 0) is 11.0 Å². The Morgan fingerprint density at radius 1 is 1.56 bits per heavy atom. The number of benzene rings is 1. The van der Waals surface area contributed by atoms with Crippen LogP contribution in [0.25, 0.3) is 0 Å². The number of aryl methyl sites for hydroxylation is 1. The Kier molecular flexibility index (Phi) is 4.99. The van der Waals surface area contributed by atoms with Crippen LogP contribution in [0.3, 0.4) is 0 Å². The Hall–Kier alpha value is -0.810. The number of nitro benzene ring substituents is 1. The van der Waals surface area contributed by atoms with Gasteiger partial charge in [0.25, 0.3) is 5.69 Å². The molecule has 0 heterocycles. The summed E-state index contributed by atoms with van der Waals surface area (Å²) in [5, 5.41) is 13.6. The van der Waals surface area contributed by atoms with Gasteiger partial charge in [0.2, 0.25) is 0 Å². The van der Waals surface area contributed by atoms with E-state index in [-0.39, 0.29) is 16.4 Å². The Bertz CT molecular complexity index is 518. The van der Waals surface area contributed by atoms with Crippen LogP contribution in [0, 0.1) is 10.1 Å². The van der Waals surface area contributed by atoms with Crippen molar-refractivity contribution in [2.75, 3.05) is 11.6 Å². The number of non-ortho nitro benzene ring substituents is 1. The summed E-state index contributed by atoms with van der Waals surface area (Å²) in [5.41, 5.74) is 0.662. The van der Waals surface area contributed by atoms with Crippen LogP contribution in [0.5, 0.6) is 0 Å². The molecule has 6 nitrogen and oxygen atoms in total. The van der Waals surface area contributed by atoms with Crippen molar-refractivity contribution in [1.29, 1.82) is 0 Å². The number of nitrogens with zero attached hydrogens (tertiary/aromatic N) is 1. The molecule has 2 N–H and O–H groups in total. The molecule has 0 saturated carbocycles. The Morgan fingerprint density at radius 3 is 2.61 bits per heavy atom. The van der Waals surface area contributed by atoms with E-state index < -0.39 is 17.9 Å². The molecule has 0 amide bonds.